The van der Waals surface area contributed by atoms with Crippen LogP contribution in [0.4, 0.5) is 9.59 Å². The third-order valence-electron chi connectivity index (χ3n) is 4.36. The van der Waals surface area contributed by atoms with E-state index in [1.165, 1.54) is 4.90 Å². The Morgan fingerprint density at radius 1 is 0.875 bits per heavy atom. The lowest BCUT2D eigenvalue weighted by atomic mass is 9.95. The molecule has 0 aliphatic carbocycles. The van der Waals surface area contributed by atoms with E-state index in [2.05, 4.69) is 0 Å². The molecule has 0 bridgehead atoms. The van der Waals surface area contributed by atoms with Gasteiger partial charge in [-0.15, -0.1) is 0 Å². The van der Waals surface area contributed by atoms with E-state index in [1.54, 1.807) is 9.80 Å². The summed E-state index contributed by atoms with van der Waals surface area (Å²) in [4.78, 5) is 40.2. The van der Waals surface area contributed by atoms with Gasteiger partial charge in [-0.3, -0.25) is 4.79 Å². The fraction of sp³-hybridized carbons (Fsp3) is 0.812. The molecule has 2 fully saturated rings. The highest BCUT2D eigenvalue weighted by Gasteiger charge is 2.33. The van der Waals surface area contributed by atoms with Crippen molar-refractivity contribution in [1.29, 1.82) is 0 Å². The summed E-state index contributed by atoms with van der Waals surface area (Å²) in [5.41, 5.74) is -0.520. The van der Waals surface area contributed by atoms with Gasteiger partial charge in [0.1, 0.15) is 5.60 Å². The van der Waals surface area contributed by atoms with Crippen LogP contribution in [0.15, 0.2) is 0 Å². The van der Waals surface area contributed by atoms with Crippen molar-refractivity contribution in [2.45, 2.75) is 39.2 Å². The van der Waals surface area contributed by atoms with E-state index < -0.39 is 11.7 Å². The summed E-state index contributed by atoms with van der Waals surface area (Å²) in [6, 6.07) is 0. The first-order valence-corrected chi connectivity index (χ1v) is 8.42. The summed E-state index contributed by atoms with van der Waals surface area (Å²) in [5, 5.41) is 8.95. The van der Waals surface area contributed by atoms with Gasteiger partial charge in [0.25, 0.3) is 0 Å². The quantitative estimate of drug-likeness (QED) is 0.780. The van der Waals surface area contributed by atoms with Crippen molar-refractivity contribution >= 4 is 18.1 Å². The molecule has 1 N–H and O–H groups in total. The lowest BCUT2D eigenvalue weighted by Gasteiger charge is -2.38. The van der Waals surface area contributed by atoms with Gasteiger partial charge in [0, 0.05) is 45.2 Å². The highest BCUT2D eigenvalue weighted by molar-refractivity contribution is 5.79. The Balaban J connectivity index is 1.79. The number of carboxylic acid groups (broad SMARTS) is 1. The summed E-state index contributed by atoms with van der Waals surface area (Å²) in [7, 11) is 0. The van der Waals surface area contributed by atoms with E-state index in [4.69, 9.17) is 9.84 Å². The molecule has 136 valence electrons. The Morgan fingerprint density at radius 2 is 1.38 bits per heavy atom. The number of amides is 3. The number of carbonyl (C=O) groups is 3. The van der Waals surface area contributed by atoms with Gasteiger partial charge in [0.05, 0.1) is 0 Å². The zero-order valence-electron chi connectivity index (χ0n) is 14.7. The van der Waals surface area contributed by atoms with Crippen LogP contribution < -0.4 is 0 Å². The number of ether oxygens (including phenoxy) is 1. The number of piperidine rings is 1. The van der Waals surface area contributed by atoms with Crippen molar-refractivity contribution in [1.82, 2.24) is 14.7 Å². The fourth-order valence-corrected chi connectivity index (χ4v) is 3.01. The largest absolute Gasteiger partial charge is 0.465 e. The molecule has 0 aromatic carbocycles. The zero-order chi connectivity index (χ0) is 17.9. The highest BCUT2D eigenvalue weighted by atomic mass is 16.6. The molecule has 8 heteroatoms. The van der Waals surface area contributed by atoms with Crippen molar-refractivity contribution in [3.05, 3.63) is 0 Å². The van der Waals surface area contributed by atoms with Crippen molar-refractivity contribution in [3.63, 3.8) is 0 Å². The molecule has 2 saturated heterocycles. The monoisotopic (exact) mass is 341 g/mol. The summed E-state index contributed by atoms with van der Waals surface area (Å²) in [6.45, 7) is 8.12. The van der Waals surface area contributed by atoms with Gasteiger partial charge < -0.3 is 24.5 Å². The minimum absolute atomic E-state index is 0.0730. The van der Waals surface area contributed by atoms with Crippen LogP contribution in [-0.4, -0.2) is 82.8 Å². The third-order valence-corrected chi connectivity index (χ3v) is 4.36. The normalized spacial score (nSPS) is 20.0. The van der Waals surface area contributed by atoms with Crippen molar-refractivity contribution in [2.75, 3.05) is 39.3 Å². The SMILES string of the molecule is CC(C)(C)OC(=O)N1CCC(C(=O)N2CCN(C(=O)O)CC2)CC1. The topological polar surface area (TPSA) is 90.4 Å². The molecule has 2 rings (SSSR count). The lowest BCUT2D eigenvalue weighted by Crippen LogP contribution is -2.53. The maximum absolute atomic E-state index is 12.6. The van der Waals surface area contributed by atoms with Crippen molar-refractivity contribution < 1.29 is 24.2 Å². The fourth-order valence-electron chi connectivity index (χ4n) is 3.01. The third kappa shape index (κ3) is 4.75. The van der Waals surface area contributed by atoms with Crippen LogP contribution >= 0.6 is 0 Å². The average molecular weight is 341 g/mol. The Labute approximate surface area is 142 Å². The Kier molecular flexibility index (Phi) is 5.56. The van der Waals surface area contributed by atoms with E-state index in [0.29, 0.717) is 52.1 Å². The molecule has 3 amide bonds. The summed E-state index contributed by atoms with van der Waals surface area (Å²) >= 11 is 0. The van der Waals surface area contributed by atoms with Crippen molar-refractivity contribution in [3.8, 4) is 0 Å². The molecule has 0 radical (unpaired) electrons. The van der Waals surface area contributed by atoms with E-state index in [-0.39, 0.29) is 17.9 Å². The zero-order valence-corrected chi connectivity index (χ0v) is 14.7. The predicted molar refractivity (Wildman–Crippen MR) is 86.7 cm³/mol. The molecule has 8 nitrogen and oxygen atoms in total. The van der Waals surface area contributed by atoms with Gasteiger partial charge in [0.15, 0.2) is 0 Å². The van der Waals surface area contributed by atoms with Crippen LogP contribution in [0.3, 0.4) is 0 Å². The number of hydrogen-bond acceptors (Lipinski definition) is 4. The van der Waals surface area contributed by atoms with Gasteiger partial charge in [-0.05, 0) is 33.6 Å². The van der Waals surface area contributed by atoms with Crippen LogP contribution in [0.5, 0.6) is 0 Å². The molecule has 0 spiro atoms. The van der Waals surface area contributed by atoms with Crippen LogP contribution in [0.1, 0.15) is 33.6 Å². The predicted octanol–water partition coefficient (Wildman–Crippen LogP) is 1.46. The van der Waals surface area contributed by atoms with E-state index in [1.807, 2.05) is 20.8 Å². The number of carbonyl (C=O) groups excluding carboxylic acids is 2. The molecular weight excluding hydrogens is 314 g/mol. The molecule has 0 saturated carbocycles. The molecule has 2 aliphatic heterocycles. The molecule has 24 heavy (non-hydrogen) atoms. The molecule has 0 unspecified atom stereocenters. The second-order valence-corrected chi connectivity index (χ2v) is 7.34. The number of nitrogens with zero attached hydrogens (tertiary/aromatic N) is 3. The minimum atomic E-state index is -0.937. The standard InChI is InChI=1S/C16H27N3O5/c1-16(2,3)24-15(23)19-6-4-12(5-7-19)13(20)17-8-10-18(11-9-17)14(21)22/h12H,4-11H2,1-3H3,(H,21,22). The second kappa shape index (κ2) is 7.27. The van der Waals surface area contributed by atoms with Gasteiger partial charge in [-0.1, -0.05) is 0 Å². The van der Waals surface area contributed by atoms with E-state index in [9.17, 15) is 14.4 Å². The first-order chi connectivity index (χ1) is 11.2. The average Bonchev–Trinajstić information content (AvgIpc) is 2.53. The van der Waals surface area contributed by atoms with E-state index >= 15 is 0 Å². The van der Waals surface area contributed by atoms with Gasteiger partial charge >= 0.3 is 12.2 Å². The summed E-state index contributed by atoms with van der Waals surface area (Å²) in [6.07, 6.45) is -0.0229. The molecule has 2 heterocycles. The van der Waals surface area contributed by atoms with Crippen LogP contribution in [0, 0.1) is 5.92 Å². The number of likely N-dealkylation sites (tertiary alicyclic amines) is 1. The Morgan fingerprint density at radius 3 is 1.83 bits per heavy atom. The van der Waals surface area contributed by atoms with Crippen LogP contribution in [0.2, 0.25) is 0 Å². The highest BCUT2D eigenvalue weighted by Crippen LogP contribution is 2.22. The van der Waals surface area contributed by atoms with E-state index in [0.717, 1.165) is 0 Å². The number of piperazine rings is 1. The number of hydrogen-bond donors (Lipinski definition) is 1. The first kappa shape index (κ1) is 18.4. The summed E-state index contributed by atoms with van der Waals surface area (Å²) in [5.74, 6) is -0.0241. The molecule has 0 aromatic rings. The van der Waals surface area contributed by atoms with Gasteiger partial charge in [0.2, 0.25) is 5.91 Å². The second-order valence-electron chi connectivity index (χ2n) is 7.34. The Hall–Kier alpha value is -1.99. The van der Waals surface area contributed by atoms with Crippen LogP contribution in [-0.2, 0) is 9.53 Å². The van der Waals surface area contributed by atoms with Gasteiger partial charge in [-0.25, -0.2) is 9.59 Å². The molecule has 0 aromatic heterocycles. The molecule has 0 atom stereocenters. The number of rotatable bonds is 1. The maximum Gasteiger partial charge on any atom is 0.410 e. The minimum Gasteiger partial charge on any atom is -0.465 e. The lowest BCUT2D eigenvalue weighted by molar-refractivity contribution is -0.138. The molecular formula is C16H27N3O5. The summed E-state index contributed by atoms with van der Waals surface area (Å²) < 4.78 is 5.35. The molecule has 2 aliphatic rings. The first-order valence-electron chi connectivity index (χ1n) is 8.42. The van der Waals surface area contributed by atoms with Crippen molar-refractivity contribution in [2.24, 2.45) is 5.92 Å². The maximum atomic E-state index is 12.6. The Bertz CT molecular complexity index is 486. The smallest absolute Gasteiger partial charge is 0.410 e. The van der Waals surface area contributed by atoms with Gasteiger partial charge in [-0.2, -0.15) is 0 Å². The van der Waals surface area contributed by atoms with Crippen LogP contribution in [0.25, 0.3) is 0 Å².